The molecule has 0 aromatic heterocycles. The monoisotopic (exact) mass is 298 g/mol. The number of amides is 1. The van der Waals surface area contributed by atoms with Crippen LogP contribution in [0.15, 0.2) is 48.5 Å². The molecule has 0 atom stereocenters. The molecular weight excluding hydrogens is 280 g/mol. The van der Waals surface area contributed by atoms with Crippen molar-refractivity contribution in [1.29, 1.82) is 0 Å². The van der Waals surface area contributed by atoms with Gasteiger partial charge in [-0.05, 0) is 31.5 Å². The van der Waals surface area contributed by atoms with Gasteiger partial charge in [0.2, 0.25) is 5.91 Å². The van der Waals surface area contributed by atoms with Crippen LogP contribution >= 0.6 is 0 Å². The molecule has 0 unspecified atom stereocenters. The SMILES string of the molecule is CCN(C(=O)Cc1ccccc1[N+](=O)[O-])c1cccc(C)c1. The van der Waals surface area contributed by atoms with Gasteiger partial charge in [0.25, 0.3) is 5.69 Å². The average molecular weight is 298 g/mol. The molecule has 0 saturated carbocycles. The Morgan fingerprint density at radius 2 is 1.91 bits per heavy atom. The Morgan fingerprint density at radius 1 is 1.18 bits per heavy atom. The third-order valence-corrected chi connectivity index (χ3v) is 3.46. The van der Waals surface area contributed by atoms with E-state index in [0.29, 0.717) is 12.1 Å². The summed E-state index contributed by atoms with van der Waals surface area (Å²) in [5.41, 5.74) is 2.29. The Kier molecular flexibility index (Phi) is 4.88. The Morgan fingerprint density at radius 3 is 2.55 bits per heavy atom. The fraction of sp³-hybridized carbons (Fsp3) is 0.235. The van der Waals surface area contributed by atoms with Crippen molar-refractivity contribution in [2.75, 3.05) is 11.4 Å². The number of likely N-dealkylation sites (N-methyl/N-ethyl adjacent to an activating group) is 1. The van der Waals surface area contributed by atoms with E-state index in [9.17, 15) is 14.9 Å². The van der Waals surface area contributed by atoms with Crippen LogP contribution in [0.5, 0.6) is 0 Å². The number of rotatable bonds is 5. The fourth-order valence-corrected chi connectivity index (χ4v) is 2.40. The van der Waals surface area contributed by atoms with Crippen molar-refractivity contribution in [2.24, 2.45) is 0 Å². The van der Waals surface area contributed by atoms with Crippen LogP contribution in [0.4, 0.5) is 11.4 Å². The van der Waals surface area contributed by atoms with Gasteiger partial charge in [-0.15, -0.1) is 0 Å². The molecule has 0 spiro atoms. The molecule has 2 aromatic rings. The molecule has 0 aliphatic rings. The van der Waals surface area contributed by atoms with E-state index < -0.39 is 4.92 Å². The molecule has 0 radical (unpaired) electrons. The smallest absolute Gasteiger partial charge is 0.273 e. The first-order valence-corrected chi connectivity index (χ1v) is 7.12. The van der Waals surface area contributed by atoms with Crippen LogP contribution in [-0.2, 0) is 11.2 Å². The van der Waals surface area contributed by atoms with E-state index in [4.69, 9.17) is 0 Å². The topological polar surface area (TPSA) is 63.5 Å². The van der Waals surface area contributed by atoms with Gasteiger partial charge in [0.05, 0.1) is 11.3 Å². The number of benzene rings is 2. The lowest BCUT2D eigenvalue weighted by molar-refractivity contribution is -0.385. The number of nitro benzene ring substituents is 1. The second-order valence-electron chi connectivity index (χ2n) is 5.04. The van der Waals surface area contributed by atoms with E-state index in [1.54, 1.807) is 23.1 Å². The zero-order chi connectivity index (χ0) is 16.1. The zero-order valence-electron chi connectivity index (χ0n) is 12.7. The Labute approximate surface area is 129 Å². The summed E-state index contributed by atoms with van der Waals surface area (Å²) in [4.78, 5) is 24.8. The molecule has 2 rings (SSSR count). The van der Waals surface area contributed by atoms with Gasteiger partial charge in [-0.2, -0.15) is 0 Å². The van der Waals surface area contributed by atoms with Crippen LogP contribution in [0.25, 0.3) is 0 Å². The molecule has 0 fully saturated rings. The number of carbonyl (C=O) groups is 1. The van der Waals surface area contributed by atoms with E-state index in [1.165, 1.54) is 6.07 Å². The predicted octanol–water partition coefficient (Wildman–Crippen LogP) is 3.50. The normalized spacial score (nSPS) is 10.3. The number of hydrogen-bond donors (Lipinski definition) is 0. The van der Waals surface area contributed by atoms with Crippen LogP contribution in [0.1, 0.15) is 18.1 Å². The molecule has 0 N–H and O–H groups in total. The first kappa shape index (κ1) is 15.7. The third-order valence-electron chi connectivity index (χ3n) is 3.46. The molecule has 22 heavy (non-hydrogen) atoms. The molecule has 0 saturated heterocycles. The summed E-state index contributed by atoms with van der Waals surface area (Å²) in [6, 6.07) is 14.0. The summed E-state index contributed by atoms with van der Waals surface area (Å²) >= 11 is 0. The number of para-hydroxylation sites is 1. The lowest BCUT2D eigenvalue weighted by atomic mass is 10.1. The van der Waals surface area contributed by atoms with Gasteiger partial charge < -0.3 is 4.90 Å². The molecular formula is C17H18N2O3. The molecule has 0 aliphatic carbocycles. The maximum Gasteiger partial charge on any atom is 0.273 e. The van der Waals surface area contributed by atoms with Crippen LogP contribution in [0, 0.1) is 17.0 Å². The van der Waals surface area contributed by atoms with Gasteiger partial charge in [0, 0.05) is 23.9 Å². The van der Waals surface area contributed by atoms with Crippen LogP contribution in [0.3, 0.4) is 0 Å². The highest BCUT2D eigenvalue weighted by molar-refractivity contribution is 5.95. The van der Waals surface area contributed by atoms with E-state index in [1.807, 2.05) is 38.1 Å². The quantitative estimate of drug-likeness (QED) is 0.627. The van der Waals surface area contributed by atoms with Crippen molar-refractivity contribution in [1.82, 2.24) is 0 Å². The second kappa shape index (κ2) is 6.85. The summed E-state index contributed by atoms with van der Waals surface area (Å²) in [5.74, 6) is -0.151. The maximum atomic E-state index is 12.5. The summed E-state index contributed by atoms with van der Waals surface area (Å²) < 4.78 is 0. The highest BCUT2D eigenvalue weighted by Gasteiger charge is 2.19. The lowest BCUT2D eigenvalue weighted by Crippen LogP contribution is -2.32. The predicted molar refractivity (Wildman–Crippen MR) is 86.0 cm³/mol. The van der Waals surface area contributed by atoms with Gasteiger partial charge in [0.1, 0.15) is 0 Å². The summed E-state index contributed by atoms with van der Waals surface area (Å²) in [6.45, 7) is 4.37. The number of aryl methyl sites for hydroxylation is 1. The molecule has 1 amide bonds. The summed E-state index contributed by atoms with van der Waals surface area (Å²) in [6.07, 6.45) is 0.0128. The number of anilines is 1. The molecule has 5 heteroatoms. The first-order valence-electron chi connectivity index (χ1n) is 7.12. The van der Waals surface area contributed by atoms with E-state index in [-0.39, 0.29) is 18.0 Å². The van der Waals surface area contributed by atoms with Crippen LogP contribution < -0.4 is 4.90 Å². The molecule has 2 aromatic carbocycles. The van der Waals surface area contributed by atoms with Gasteiger partial charge in [0.15, 0.2) is 0 Å². The standard InChI is InChI=1S/C17H18N2O3/c1-3-18(15-9-6-7-13(2)11-15)17(20)12-14-8-4-5-10-16(14)19(21)22/h4-11H,3,12H2,1-2H3. The molecule has 0 bridgehead atoms. The lowest BCUT2D eigenvalue weighted by Gasteiger charge is -2.21. The van der Waals surface area contributed by atoms with Gasteiger partial charge in [-0.1, -0.05) is 30.3 Å². The zero-order valence-corrected chi connectivity index (χ0v) is 12.7. The Hall–Kier alpha value is -2.69. The van der Waals surface area contributed by atoms with Crippen molar-refractivity contribution < 1.29 is 9.72 Å². The second-order valence-corrected chi connectivity index (χ2v) is 5.04. The van der Waals surface area contributed by atoms with Crippen molar-refractivity contribution in [3.05, 3.63) is 69.8 Å². The minimum atomic E-state index is -0.453. The number of hydrogen-bond acceptors (Lipinski definition) is 3. The van der Waals surface area contributed by atoms with Crippen LogP contribution in [0.2, 0.25) is 0 Å². The minimum Gasteiger partial charge on any atom is -0.312 e. The van der Waals surface area contributed by atoms with Gasteiger partial charge >= 0.3 is 0 Å². The summed E-state index contributed by atoms with van der Waals surface area (Å²) in [7, 11) is 0. The van der Waals surface area contributed by atoms with E-state index in [2.05, 4.69) is 0 Å². The van der Waals surface area contributed by atoms with Crippen molar-refractivity contribution in [2.45, 2.75) is 20.3 Å². The molecule has 114 valence electrons. The van der Waals surface area contributed by atoms with Gasteiger partial charge in [-0.3, -0.25) is 14.9 Å². The maximum absolute atomic E-state index is 12.5. The Balaban J connectivity index is 2.26. The number of nitro groups is 1. The summed E-state index contributed by atoms with van der Waals surface area (Å²) in [5, 5.41) is 11.0. The highest BCUT2D eigenvalue weighted by atomic mass is 16.6. The first-order chi connectivity index (χ1) is 10.5. The molecule has 5 nitrogen and oxygen atoms in total. The largest absolute Gasteiger partial charge is 0.312 e. The number of nitrogens with zero attached hydrogens (tertiary/aromatic N) is 2. The number of carbonyl (C=O) groups excluding carboxylic acids is 1. The van der Waals surface area contributed by atoms with Crippen molar-refractivity contribution in [3.8, 4) is 0 Å². The average Bonchev–Trinajstić information content (AvgIpc) is 2.48. The Bertz CT molecular complexity index is 698. The van der Waals surface area contributed by atoms with Crippen molar-refractivity contribution in [3.63, 3.8) is 0 Å². The van der Waals surface area contributed by atoms with E-state index >= 15 is 0 Å². The molecule has 0 heterocycles. The highest BCUT2D eigenvalue weighted by Crippen LogP contribution is 2.21. The molecule has 0 aliphatic heterocycles. The third kappa shape index (κ3) is 3.49. The van der Waals surface area contributed by atoms with Crippen LogP contribution in [-0.4, -0.2) is 17.4 Å². The van der Waals surface area contributed by atoms with E-state index in [0.717, 1.165) is 11.3 Å². The van der Waals surface area contributed by atoms with Crippen molar-refractivity contribution >= 4 is 17.3 Å². The van der Waals surface area contributed by atoms with Gasteiger partial charge in [-0.25, -0.2) is 0 Å². The fourth-order valence-electron chi connectivity index (χ4n) is 2.40. The minimum absolute atomic E-state index is 0.0128.